The van der Waals surface area contributed by atoms with Crippen LogP contribution in [0.1, 0.15) is 6.42 Å². The predicted molar refractivity (Wildman–Crippen MR) is 77.1 cm³/mol. The molecule has 0 spiro atoms. The Hall–Kier alpha value is -0.760. The summed E-state index contributed by atoms with van der Waals surface area (Å²) in [7, 11) is 1.52. The van der Waals surface area contributed by atoms with Crippen molar-refractivity contribution in [1.29, 1.82) is 0 Å². The molecule has 1 heterocycles. The fraction of sp³-hybridized carbons (Fsp3) is 0.833. The molecule has 0 saturated carbocycles. The second-order valence-electron chi connectivity index (χ2n) is 4.48. The lowest BCUT2D eigenvalue weighted by Crippen LogP contribution is -2.44. The molecule has 0 bridgehead atoms. The van der Waals surface area contributed by atoms with Gasteiger partial charge in [0.25, 0.3) is 0 Å². The number of amides is 1. The zero-order chi connectivity index (χ0) is 14.1. The van der Waals surface area contributed by atoms with E-state index in [-0.39, 0.29) is 12.5 Å². The van der Waals surface area contributed by atoms with Gasteiger partial charge in [0, 0.05) is 46.3 Å². The summed E-state index contributed by atoms with van der Waals surface area (Å²) >= 11 is 4.86. The van der Waals surface area contributed by atoms with Crippen molar-refractivity contribution >= 4 is 23.1 Å². The summed E-state index contributed by atoms with van der Waals surface area (Å²) in [5.41, 5.74) is 5.49. The Morgan fingerprint density at radius 3 is 2.68 bits per heavy atom. The van der Waals surface area contributed by atoms with E-state index in [1.807, 2.05) is 0 Å². The van der Waals surface area contributed by atoms with E-state index in [2.05, 4.69) is 4.90 Å². The lowest BCUT2D eigenvalue weighted by atomic mass is 10.3. The fourth-order valence-corrected chi connectivity index (χ4v) is 2.00. The number of rotatable bonds is 8. The third kappa shape index (κ3) is 6.81. The molecule has 0 aromatic carbocycles. The Bertz CT molecular complexity index is 296. The number of hydrogen-bond donors (Lipinski definition) is 1. The quantitative estimate of drug-likeness (QED) is 0.606. The second-order valence-corrected chi connectivity index (χ2v) is 5.01. The summed E-state index contributed by atoms with van der Waals surface area (Å²) in [6.07, 6.45) is 0.550. The molecule has 1 aliphatic rings. The van der Waals surface area contributed by atoms with Crippen molar-refractivity contribution in [2.75, 3.05) is 59.7 Å². The average Bonchev–Trinajstić information content (AvgIpc) is 2.40. The summed E-state index contributed by atoms with van der Waals surface area (Å²) in [6.45, 7) is 5.53. The summed E-state index contributed by atoms with van der Waals surface area (Å²) in [5.74, 6) is -0.0213. The number of nitrogens with two attached hydrogens (primary N) is 1. The van der Waals surface area contributed by atoms with E-state index in [0.717, 1.165) is 32.8 Å². The van der Waals surface area contributed by atoms with Gasteiger partial charge in [-0.05, 0) is 0 Å². The average molecular weight is 289 g/mol. The highest BCUT2D eigenvalue weighted by Gasteiger charge is 2.16. The van der Waals surface area contributed by atoms with Crippen molar-refractivity contribution < 1.29 is 14.3 Å². The third-order valence-corrected chi connectivity index (χ3v) is 3.24. The van der Waals surface area contributed by atoms with Crippen LogP contribution < -0.4 is 5.73 Å². The van der Waals surface area contributed by atoms with Crippen LogP contribution in [0.4, 0.5) is 0 Å². The lowest BCUT2D eigenvalue weighted by molar-refractivity contribution is -0.135. The minimum atomic E-state index is -0.0213. The van der Waals surface area contributed by atoms with Gasteiger partial charge in [0.2, 0.25) is 5.91 Å². The molecule has 0 aromatic heterocycles. The molecular formula is C12H23N3O3S. The first-order valence-electron chi connectivity index (χ1n) is 6.48. The van der Waals surface area contributed by atoms with E-state index in [1.54, 1.807) is 4.90 Å². The van der Waals surface area contributed by atoms with E-state index in [1.165, 1.54) is 7.11 Å². The highest BCUT2D eigenvalue weighted by Crippen LogP contribution is 2.00. The van der Waals surface area contributed by atoms with Gasteiger partial charge in [0.05, 0.1) is 18.2 Å². The Kier molecular flexibility index (Phi) is 7.88. The number of methoxy groups -OCH3 is 1. The number of carbonyl (C=O) groups is 1. The molecule has 1 aliphatic heterocycles. The second kappa shape index (κ2) is 9.19. The standard InChI is InChI=1S/C12H23N3O3S/c1-17-10-12(16)15(3-2-11(13)19)5-4-14-6-8-18-9-7-14/h2-10H2,1H3,(H2,13,19). The van der Waals surface area contributed by atoms with Crippen molar-refractivity contribution in [3.8, 4) is 0 Å². The number of carbonyl (C=O) groups excluding carboxylic acids is 1. The zero-order valence-electron chi connectivity index (χ0n) is 11.5. The van der Waals surface area contributed by atoms with E-state index < -0.39 is 0 Å². The molecule has 0 unspecified atom stereocenters. The van der Waals surface area contributed by atoms with Crippen molar-refractivity contribution in [1.82, 2.24) is 9.80 Å². The van der Waals surface area contributed by atoms with Crippen LogP contribution in [0.3, 0.4) is 0 Å². The van der Waals surface area contributed by atoms with Gasteiger partial charge in [-0.15, -0.1) is 0 Å². The SMILES string of the molecule is COCC(=O)N(CCC(N)=S)CCN1CCOCC1. The number of ether oxygens (including phenoxy) is 2. The molecule has 110 valence electrons. The maximum absolute atomic E-state index is 11.9. The molecule has 0 atom stereocenters. The highest BCUT2D eigenvalue weighted by atomic mass is 32.1. The first-order valence-corrected chi connectivity index (χ1v) is 6.89. The molecule has 1 rings (SSSR count). The molecule has 6 nitrogen and oxygen atoms in total. The number of hydrogen-bond acceptors (Lipinski definition) is 5. The van der Waals surface area contributed by atoms with Gasteiger partial charge in [-0.1, -0.05) is 12.2 Å². The molecule has 19 heavy (non-hydrogen) atoms. The molecule has 0 aliphatic carbocycles. The smallest absolute Gasteiger partial charge is 0.248 e. The molecule has 0 radical (unpaired) electrons. The Balaban J connectivity index is 2.38. The first-order chi connectivity index (χ1) is 9.13. The zero-order valence-corrected chi connectivity index (χ0v) is 12.3. The first kappa shape index (κ1) is 16.3. The topological polar surface area (TPSA) is 68.0 Å². The maximum Gasteiger partial charge on any atom is 0.248 e. The van der Waals surface area contributed by atoms with Crippen LogP contribution in [-0.2, 0) is 14.3 Å². The van der Waals surface area contributed by atoms with Gasteiger partial charge in [0.1, 0.15) is 6.61 Å². The minimum Gasteiger partial charge on any atom is -0.393 e. The van der Waals surface area contributed by atoms with Gasteiger partial charge >= 0.3 is 0 Å². The minimum absolute atomic E-state index is 0.0213. The number of morpholine rings is 1. The molecular weight excluding hydrogens is 266 g/mol. The van der Waals surface area contributed by atoms with Crippen LogP contribution in [0, 0.1) is 0 Å². The van der Waals surface area contributed by atoms with Gasteiger partial charge < -0.3 is 20.1 Å². The van der Waals surface area contributed by atoms with E-state index >= 15 is 0 Å². The predicted octanol–water partition coefficient (Wildman–Crippen LogP) is -0.530. The van der Waals surface area contributed by atoms with Crippen LogP contribution in [0.15, 0.2) is 0 Å². The largest absolute Gasteiger partial charge is 0.393 e. The van der Waals surface area contributed by atoms with E-state index in [9.17, 15) is 4.79 Å². The molecule has 1 amide bonds. The lowest BCUT2D eigenvalue weighted by Gasteiger charge is -2.30. The molecule has 0 aromatic rings. The fourth-order valence-electron chi connectivity index (χ4n) is 1.91. The molecule has 7 heteroatoms. The summed E-state index contributed by atoms with van der Waals surface area (Å²) in [4.78, 5) is 16.4. The third-order valence-electron chi connectivity index (χ3n) is 3.04. The Morgan fingerprint density at radius 2 is 2.11 bits per heavy atom. The van der Waals surface area contributed by atoms with E-state index in [4.69, 9.17) is 27.4 Å². The van der Waals surface area contributed by atoms with Crippen molar-refractivity contribution in [2.45, 2.75) is 6.42 Å². The summed E-state index contributed by atoms with van der Waals surface area (Å²) in [6, 6.07) is 0. The molecule has 1 saturated heterocycles. The number of thiocarbonyl (C=S) groups is 1. The van der Waals surface area contributed by atoms with Crippen LogP contribution in [0.2, 0.25) is 0 Å². The molecule has 1 fully saturated rings. The van der Waals surface area contributed by atoms with Gasteiger partial charge in [-0.3, -0.25) is 9.69 Å². The van der Waals surface area contributed by atoms with Crippen molar-refractivity contribution in [3.63, 3.8) is 0 Å². The highest BCUT2D eigenvalue weighted by molar-refractivity contribution is 7.80. The Morgan fingerprint density at radius 1 is 1.42 bits per heavy atom. The van der Waals surface area contributed by atoms with Crippen LogP contribution in [-0.4, -0.2) is 80.3 Å². The van der Waals surface area contributed by atoms with Crippen LogP contribution >= 0.6 is 12.2 Å². The monoisotopic (exact) mass is 289 g/mol. The van der Waals surface area contributed by atoms with E-state index in [0.29, 0.717) is 24.5 Å². The van der Waals surface area contributed by atoms with Crippen LogP contribution in [0.25, 0.3) is 0 Å². The van der Waals surface area contributed by atoms with Crippen LogP contribution in [0.5, 0.6) is 0 Å². The van der Waals surface area contributed by atoms with Crippen molar-refractivity contribution in [2.24, 2.45) is 5.73 Å². The van der Waals surface area contributed by atoms with Gasteiger partial charge in [0.15, 0.2) is 0 Å². The Labute approximate surface area is 119 Å². The number of nitrogens with zero attached hydrogens (tertiary/aromatic N) is 2. The summed E-state index contributed by atoms with van der Waals surface area (Å²) < 4.78 is 10.2. The summed E-state index contributed by atoms with van der Waals surface area (Å²) in [5, 5.41) is 0. The normalized spacial score (nSPS) is 16.3. The van der Waals surface area contributed by atoms with Crippen molar-refractivity contribution in [3.05, 3.63) is 0 Å². The maximum atomic E-state index is 11.9. The van der Waals surface area contributed by atoms with Gasteiger partial charge in [-0.25, -0.2) is 0 Å². The molecule has 2 N–H and O–H groups in total. The van der Waals surface area contributed by atoms with Gasteiger partial charge in [-0.2, -0.15) is 0 Å².